The number of fused-ring (bicyclic) bond motifs is 9. The van der Waals surface area contributed by atoms with Crippen molar-refractivity contribution in [3.05, 3.63) is 212 Å². The van der Waals surface area contributed by atoms with Gasteiger partial charge in [-0.05, 0) is 59.1 Å². The highest BCUT2D eigenvalue weighted by molar-refractivity contribution is 7.26. The molecule has 63 heavy (non-hydrogen) atoms. The SMILES string of the molecule is [2H]c1c([2H])c([2H])c2c(c1[2H])c1c([2H])c([2H])c([2H])c([2H])c1n2-c1nc(-c2cccc(-c3cccc4c3sc3ccccc34)c2)nc(-c2ccc(-c3ccccc3)c(-n3c4c([2H])c([2H])c([2H])c([2H])c4c4c([2H])c([2H])c([2H])c([2H])c43)c2)n1. The molecular weight excluding hydrogens is 787 g/mol. The monoisotopic (exact) mass is 837 g/mol. The van der Waals surface area contributed by atoms with Crippen molar-refractivity contribution in [1.82, 2.24) is 24.1 Å². The third kappa shape index (κ3) is 5.66. The van der Waals surface area contributed by atoms with Gasteiger partial charge in [-0.3, -0.25) is 4.57 Å². The molecule has 0 atom stereocenters. The molecule has 4 heterocycles. The molecule has 0 radical (unpaired) electrons. The molecule has 6 heteroatoms. The van der Waals surface area contributed by atoms with E-state index in [4.69, 9.17) is 31.4 Å². The molecule has 9 aromatic carbocycles. The summed E-state index contributed by atoms with van der Waals surface area (Å²) < 4.78 is 149. The smallest absolute Gasteiger partial charge is 0.238 e. The van der Waals surface area contributed by atoms with E-state index in [1.165, 1.54) is 9.13 Å². The van der Waals surface area contributed by atoms with Crippen LogP contribution in [0.2, 0.25) is 0 Å². The van der Waals surface area contributed by atoms with Gasteiger partial charge in [-0.2, -0.15) is 9.97 Å². The number of benzene rings is 9. The van der Waals surface area contributed by atoms with Crippen LogP contribution >= 0.6 is 11.3 Å². The molecule has 0 aliphatic carbocycles. The first-order chi connectivity index (χ1) is 37.9. The van der Waals surface area contributed by atoms with Gasteiger partial charge in [-0.1, -0.05) is 170 Å². The first kappa shape index (κ1) is 23.1. The second-order valence-electron chi connectivity index (χ2n) is 14.8. The van der Waals surface area contributed by atoms with Crippen LogP contribution in [0, 0.1) is 0 Å². The molecule has 0 amide bonds. The van der Waals surface area contributed by atoms with Crippen LogP contribution in [0.5, 0.6) is 0 Å². The fraction of sp³-hybridized carbons (Fsp3) is 0. The highest BCUT2D eigenvalue weighted by Crippen LogP contribution is 2.42. The predicted molar refractivity (Wildman–Crippen MR) is 263 cm³/mol. The van der Waals surface area contributed by atoms with E-state index in [-0.39, 0.29) is 72.5 Å². The van der Waals surface area contributed by atoms with Crippen molar-refractivity contribution < 1.29 is 21.9 Å². The zero-order valence-corrected chi connectivity index (χ0v) is 33.4. The van der Waals surface area contributed by atoms with Crippen LogP contribution < -0.4 is 0 Å². The number of rotatable bonds is 6. The number of nitrogens with zero attached hydrogens (tertiary/aromatic N) is 5. The van der Waals surface area contributed by atoms with Gasteiger partial charge >= 0.3 is 0 Å². The Hall–Kier alpha value is -8.19. The summed E-state index contributed by atoms with van der Waals surface area (Å²) in [6.07, 6.45) is 0. The molecule has 0 saturated heterocycles. The van der Waals surface area contributed by atoms with Gasteiger partial charge in [-0.15, -0.1) is 11.3 Å². The highest BCUT2D eigenvalue weighted by atomic mass is 32.1. The van der Waals surface area contributed by atoms with Crippen LogP contribution in [0.1, 0.15) is 21.9 Å². The second kappa shape index (κ2) is 14.2. The predicted octanol–water partition coefficient (Wildman–Crippen LogP) is 15.1. The number of aromatic nitrogens is 5. The Morgan fingerprint density at radius 1 is 0.381 bits per heavy atom. The summed E-state index contributed by atoms with van der Waals surface area (Å²) >= 11 is 1.65. The van der Waals surface area contributed by atoms with Crippen molar-refractivity contribution in [1.29, 1.82) is 0 Å². The Morgan fingerprint density at radius 3 is 1.57 bits per heavy atom. The van der Waals surface area contributed by atoms with Crippen molar-refractivity contribution in [2.45, 2.75) is 0 Å². The van der Waals surface area contributed by atoms with E-state index in [1.807, 2.05) is 60.7 Å². The molecule has 0 unspecified atom stereocenters. The third-order valence-corrected chi connectivity index (χ3v) is 12.5. The van der Waals surface area contributed by atoms with Gasteiger partial charge in [0.1, 0.15) is 0 Å². The number of thiophene rings is 1. The summed E-state index contributed by atoms with van der Waals surface area (Å²) in [6, 6.07) is 26.5. The van der Waals surface area contributed by atoms with E-state index in [0.717, 1.165) is 31.3 Å². The fourth-order valence-electron chi connectivity index (χ4n) is 8.52. The molecule has 294 valence electrons. The van der Waals surface area contributed by atoms with Crippen molar-refractivity contribution in [2.75, 3.05) is 0 Å². The number of hydrogen-bond acceptors (Lipinski definition) is 4. The summed E-state index contributed by atoms with van der Waals surface area (Å²) in [6.45, 7) is 0. The average Bonchev–Trinajstić information content (AvgIpc) is 3.30. The standard InChI is InChI=1S/C57H35N5S/c1-2-16-36(17-3-1)40-33-32-39(35-52(40)61-48-27-9-4-20-42(48)43-21-5-10-28-49(43)61)56-58-55(59-57(60-56)62-50-29-11-6-22-44(50)45-23-7-12-30-51(45)62)38-19-14-18-37(34-38)41-25-15-26-47-46-24-8-13-31-53(46)63-54(41)47/h1-35H/i4D,5D,6D,7D,9D,10D,11D,12D,20D,21D,22D,23D,27D,28D,29D,30D. The topological polar surface area (TPSA) is 48.5 Å². The van der Waals surface area contributed by atoms with E-state index >= 15 is 0 Å². The Balaban J connectivity index is 1.16. The van der Waals surface area contributed by atoms with Gasteiger partial charge in [-0.25, -0.2) is 4.98 Å². The molecule has 0 saturated carbocycles. The highest BCUT2D eigenvalue weighted by Gasteiger charge is 2.21. The Bertz CT molecular complexity index is 4730. The normalized spacial score (nSPS) is 15.4. The first-order valence-corrected chi connectivity index (χ1v) is 20.7. The van der Waals surface area contributed by atoms with E-state index in [2.05, 4.69) is 18.2 Å². The molecule has 0 fully saturated rings. The molecule has 0 N–H and O–H groups in total. The van der Waals surface area contributed by atoms with Crippen LogP contribution in [0.3, 0.4) is 0 Å². The maximum atomic E-state index is 9.36. The lowest BCUT2D eigenvalue weighted by atomic mass is 10.00. The summed E-state index contributed by atoms with van der Waals surface area (Å²) in [5.74, 6) is -0.323. The molecule has 0 bridgehead atoms. The van der Waals surface area contributed by atoms with Crippen molar-refractivity contribution in [3.63, 3.8) is 0 Å². The number of para-hydroxylation sites is 4. The minimum absolute atomic E-state index is 0.0378. The molecule has 13 aromatic rings. The summed E-state index contributed by atoms with van der Waals surface area (Å²) in [5, 5.41) is 1.53. The zero-order valence-electron chi connectivity index (χ0n) is 48.6. The van der Waals surface area contributed by atoms with Gasteiger partial charge in [0.25, 0.3) is 0 Å². The Labute approximate surface area is 388 Å². The lowest BCUT2D eigenvalue weighted by Crippen LogP contribution is -2.07. The molecule has 0 spiro atoms. The van der Waals surface area contributed by atoms with E-state index < -0.39 is 96.7 Å². The Kier molecular flexibility index (Phi) is 5.22. The minimum atomic E-state index is -0.641. The minimum Gasteiger partial charge on any atom is -0.309 e. The maximum Gasteiger partial charge on any atom is 0.238 e. The Morgan fingerprint density at radius 2 is 0.905 bits per heavy atom. The summed E-state index contributed by atoms with van der Waals surface area (Å²) in [7, 11) is 0. The molecule has 0 aliphatic heterocycles. The van der Waals surface area contributed by atoms with Crippen molar-refractivity contribution >= 4 is 75.1 Å². The van der Waals surface area contributed by atoms with Crippen LogP contribution in [-0.4, -0.2) is 24.1 Å². The second-order valence-corrected chi connectivity index (χ2v) is 15.9. The quantitative estimate of drug-likeness (QED) is 0.168. The first-order valence-electron chi connectivity index (χ1n) is 27.9. The van der Waals surface area contributed by atoms with Gasteiger partial charge in [0.2, 0.25) is 5.95 Å². The third-order valence-electron chi connectivity index (χ3n) is 11.3. The van der Waals surface area contributed by atoms with Crippen LogP contribution in [0.15, 0.2) is 212 Å². The largest absolute Gasteiger partial charge is 0.309 e. The lowest BCUT2D eigenvalue weighted by Gasteiger charge is -2.16. The molecular formula is C57H35N5S. The van der Waals surface area contributed by atoms with E-state index in [0.29, 0.717) is 16.7 Å². The molecule has 5 nitrogen and oxygen atoms in total. The zero-order chi connectivity index (χ0) is 55.4. The van der Waals surface area contributed by atoms with Crippen molar-refractivity contribution in [2.24, 2.45) is 0 Å². The van der Waals surface area contributed by atoms with Gasteiger partial charge in [0.15, 0.2) is 11.6 Å². The van der Waals surface area contributed by atoms with Crippen molar-refractivity contribution in [3.8, 4) is 56.7 Å². The molecule has 13 rings (SSSR count). The van der Waals surface area contributed by atoms with Gasteiger partial charge in [0.05, 0.1) is 49.7 Å². The maximum absolute atomic E-state index is 9.36. The van der Waals surface area contributed by atoms with E-state index in [9.17, 15) is 5.48 Å². The van der Waals surface area contributed by atoms with Crippen LogP contribution in [0.4, 0.5) is 0 Å². The summed E-state index contributed by atoms with van der Waals surface area (Å²) in [4.78, 5) is 15.1. The van der Waals surface area contributed by atoms with Gasteiger partial charge in [0, 0.05) is 58.4 Å². The average molecular weight is 838 g/mol. The molecule has 4 aromatic heterocycles. The summed E-state index contributed by atoms with van der Waals surface area (Å²) in [5.41, 5.74) is 2.99. The van der Waals surface area contributed by atoms with Crippen LogP contribution in [0.25, 0.3) is 120 Å². The molecule has 0 aliphatic rings. The number of hydrogen-bond donors (Lipinski definition) is 0. The fourth-order valence-corrected chi connectivity index (χ4v) is 9.76. The van der Waals surface area contributed by atoms with Gasteiger partial charge < -0.3 is 4.57 Å². The van der Waals surface area contributed by atoms with E-state index in [1.54, 1.807) is 47.7 Å². The van der Waals surface area contributed by atoms with Crippen LogP contribution in [-0.2, 0) is 0 Å². The lowest BCUT2D eigenvalue weighted by molar-refractivity contribution is 0.953.